The summed E-state index contributed by atoms with van der Waals surface area (Å²) in [5.74, 6) is 1.58. The summed E-state index contributed by atoms with van der Waals surface area (Å²) in [5.41, 5.74) is 6.96. The predicted octanol–water partition coefficient (Wildman–Crippen LogP) is 3.65. The number of nitrogens with two attached hydrogens (primary N) is 1. The SMILES string of the molecule is CCC1CCCCC1C(N)C(CC)(CC)N(C)C. The fraction of sp³-hybridized carbons (Fsp3) is 1.00. The van der Waals surface area contributed by atoms with Gasteiger partial charge in [-0.3, -0.25) is 0 Å². The molecule has 0 aromatic heterocycles. The van der Waals surface area contributed by atoms with Crippen LogP contribution in [0.15, 0.2) is 0 Å². The van der Waals surface area contributed by atoms with Gasteiger partial charge in [0, 0.05) is 11.6 Å². The molecule has 18 heavy (non-hydrogen) atoms. The van der Waals surface area contributed by atoms with Crippen molar-refractivity contribution in [2.24, 2.45) is 17.6 Å². The van der Waals surface area contributed by atoms with Crippen LogP contribution in [0.2, 0.25) is 0 Å². The molecule has 1 rings (SSSR count). The van der Waals surface area contributed by atoms with E-state index in [-0.39, 0.29) is 5.54 Å². The average molecular weight is 254 g/mol. The standard InChI is InChI=1S/C16H34N2/c1-6-13-11-9-10-12-14(13)15(17)16(7-2,8-3)18(4)5/h13-15H,6-12,17H2,1-5H3. The number of likely N-dealkylation sites (N-methyl/N-ethyl adjacent to an activating group) is 1. The molecule has 1 fully saturated rings. The van der Waals surface area contributed by atoms with E-state index in [4.69, 9.17) is 5.73 Å². The van der Waals surface area contributed by atoms with Gasteiger partial charge in [0.15, 0.2) is 0 Å². The summed E-state index contributed by atoms with van der Waals surface area (Å²) in [6, 6.07) is 0.327. The highest BCUT2D eigenvalue weighted by Gasteiger charge is 2.42. The van der Waals surface area contributed by atoms with Crippen molar-refractivity contribution in [3.05, 3.63) is 0 Å². The summed E-state index contributed by atoms with van der Waals surface area (Å²) in [6.07, 6.45) is 9.15. The van der Waals surface area contributed by atoms with Crippen molar-refractivity contribution < 1.29 is 0 Å². The van der Waals surface area contributed by atoms with Gasteiger partial charge in [-0.15, -0.1) is 0 Å². The molecule has 0 heterocycles. The van der Waals surface area contributed by atoms with Gasteiger partial charge in [0.25, 0.3) is 0 Å². The molecule has 0 bridgehead atoms. The van der Waals surface area contributed by atoms with Crippen molar-refractivity contribution >= 4 is 0 Å². The Balaban J connectivity index is 2.90. The van der Waals surface area contributed by atoms with E-state index in [9.17, 15) is 0 Å². The fourth-order valence-corrected chi connectivity index (χ4v) is 4.27. The Labute approximate surface area is 114 Å². The Hall–Kier alpha value is -0.0800. The van der Waals surface area contributed by atoms with Crippen molar-refractivity contribution in [3.63, 3.8) is 0 Å². The Kier molecular flexibility index (Phi) is 6.13. The third-order valence-electron chi connectivity index (χ3n) is 5.69. The molecule has 0 aromatic rings. The minimum absolute atomic E-state index is 0.190. The molecule has 3 atom stereocenters. The van der Waals surface area contributed by atoms with E-state index in [1.165, 1.54) is 32.1 Å². The first-order valence-corrected chi connectivity index (χ1v) is 7.96. The van der Waals surface area contributed by atoms with Gasteiger partial charge < -0.3 is 10.6 Å². The van der Waals surface area contributed by atoms with Crippen LogP contribution in [0, 0.1) is 11.8 Å². The number of nitrogens with zero attached hydrogens (tertiary/aromatic N) is 1. The molecule has 2 heteroatoms. The largest absolute Gasteiger partial charge is 0.326 e. The summed E-state index contributed by atoms with van der Waals surface area (Å²) in [7, 11) is 4.41. The van der Waals surface area contributed by atoms with Crippen molar-refractivity contribution in [2.45, 2.75) is 77.3 Å². The van der Waals surface area contributed by atoms with Crippen molar-refractivity contribution in [2.75, 3.05) is 14.1 Å². The monoisotopic (exact) mass is 254 g/mol. The summed E-state index contributed by atoms with van der Waals surface area (Å²) in [4.78, 5) is 2.39. The van der Waals surface area contributed by atoms with Crippen molar-refractivity contribution in [1.29, 1.82) is 0 Å². The molecule has 0 saturated heterocycles. The van der Waals surface area contributed by atoms with E-state index in [0.717, 1.165) is 24.7 Å². The Morgan fingerprint density at radius 3 is 2.11 bits per heavy atom. The van der Waals surface area contributed by atoms with E-state index in [0.29, 0.717) is 6.04 Å². The van der Waals surface area contributed by atoms with Gasteiger partial charge in [0.1, 0.15) is 0 Å². The second-order valence-corrected chi connectivity index (χ2v) is 6.35. The third-order valence-corrected chi connectivity index (χ3v) is 5.69. The van der Waals surface area contributed by atoms with Crippen LogP contribution in [0.4, 0.5) is 0 Å². The minimum atomic E-state index is 0.190. The number of hydrogen-bond acceptors (Lipinski definition) is 2. The molecule has 0 radical (unpaired) electrons. The molecule has 0 spiro atoms. The highest BCUT2D eigenvalue weighted by atomic mass is 15.2. The van der Waals surface area contributed by atoms with Gasteiger partial charge in [0.05, 0.1) is 0 Å². The fourth-order valence-electron chi connectivity index (χ4n) is 4.27. The van der Waals surface area contributed by atoms with Crippen LogP contribution in [0.25, 0.3) is 0 Å². The molecule has 2 N–H and O–H groups in total. The first-order valence-electron chi connectivity index (χ1n) is 7.96. The first-order chi connectivity index (χ1) is 8.53. The zero-order valence-electron chi connectivity index (χ0n) is 13.2. The van der Waals surface area contributed by atoms with Crippen LogP contribution in [0.3, 0.4) is 0 Å². The third kappa shape index (κ3) is 2.91. The Morgan fingerprint density at radius 1 is 1.11 bits per heavy atom. The van der Waals surface area contributed by atoms with E-state index in [1.807, 2.05) is 0 Å². The topological polar surface area (TPSA) is 29.3 Å². The van der Waals surface area contributed by atoms with E-state index in [2.05, 4.69) is 39.8 Å². The smallest absolute Gasteiger partial charge is 0.0351 e. The second-order valence-electron chi connectivity index (χ2n) is 6.35. The summed E-state index contributed by atoms with van der Waals surface area (Å²) >= 11 is 0. The molecule has 1 aliphatic rings. The highest BCUT2D eigenvalue weighted by molar-refractivity contribution is 5.00. The molecule has 108 valence electrons. The Morgan fingerprint density at radius 2 is 1.67 bits per heavy atom. The zero-order valence-corrected chi connectivity index (χ0v) is 13.2. The van der Waals surface area contributed by atoms with Crippen molar-refractivity contribution in [3.8, 4) is 0 Å². The van der Waals surface area contributed by atoms with Gasteiger partial charge in [-0.2, -0.15) is 0 Å². The molecule has 1 saturated carbocycles. The lowest BCUT2D eigenvalue weighted by atomic mass is 9.67. The Bertz CT molecular complexity index is 233. The lowest BCUT2D eigenvalue weighted by Gasteiger charge is -2.49. The predicted molar refractivity (Wildman–Crippen MR) is 80.7 cm³/mol. The average Bonchev–Trinajstić information content (AvgIpc) is 2.40. The molecule has 0 amide bonds. The molecular formula is C16H34N2. The van der Waals surface area contributed by atoms with E-state index >= 15 is 0 Å². The highest BCUT2D eigenvalue weighted by Crippen LogP contribution is 2.39. The molecular weight excluding hydrogens is 220 g/mol. The van der Waals surface area contributed by atoms with Crippen LogP contribution < -0.4 is 5.73 Å². The molecule has 3 unspecified atom stereocenters. The van der Waals surface area contributed by atoms with Gasteiger partial charge >= 0.3 is 0 Å². The van der Waals surface area contributed by atoms with E-state index < -0.39 is 0 Å². The first kappa shape index (κ1) is 16.0. The number of rotatable bonds is 6. The lowest BCUT2D eigenvalue weighted by molar-refractivity contribution is 0.0461. The second kappa shape index (κ2) is 6.91. The quantitative estimate of drug-likeness (QED) is 0.784. The normalized spacial score (nSPS) is 27.5. The van der Waals surface area contributed by atoms with Crippen LogP contribution in [0.1, 0.15) is 65.7 Å². The van der Waals surface area contributed by atoms with E-state index in [1.54, 1.807) is 0 Å². The molecule has 2 nitrogen and oxygen atoms in total. The maximum absolute atomic E-state index is 6.77. The summed E-state index contributed by atoms with van der Waals surface area (Å²) in [5, 5.41) is 0. The van der Waals surface area contributed by atoms with Gasteiger partial charge in [-0.1, -0.05) is 46.5 Å². The van der Waals surface area contributed by atoms with Crippen LogP contribution in [-0.4, -0.2) is 30.6 Å². The van der Waals surface area contributed by atoms with Crippen LogP contribution in [0.5, 0.6) is 0 Å². The van der Waals surface area contributed by atoms with Crippen molar-refractivity contribution in [1.82, 2.24) is 4.90 Å². The minimum Gasteiger partial charge on any atom is -0.326 e. The number of hydrogen-bond donors (Lipinski definition) is 1. The molecule has 0 aliphatic heterocycles. The maximum atomic E-state index is 6.77. The van der Waals surface area contributed by atoms with Gasteiger partial charge in [-0.25, -0.2) is 0 Å². The summed E-state index contributed by atoms with van der Waals surface area (Å²) < 4.78 is 0. The lowest BCUT2D eigenvalue weighted by Crippen LogP contribution is -2.61. The van der Waals surface area contributed by atoms with Gasteiger partial charge in [-0.05, 0) is 45.2 Å². The van der Waals surface area contributed by atoms with Crippen LogP contribution >= 0.6 is 0 Å². The van der Waals surface area contributed by atoms with Gasteiger partial charge in [0.2, 0.25) is 0 Å². The summed E-state index contributed by atoms with van der Waals surface area (Å²) in [6.45, 7) is 6.94. The molecule has 1 aliphatic carbocycles. The van der Waals surface area contributed by atoms with Crippen LogP contribution in [-0.2, 0) is 0 Å². The zero-order chi connectivity index (χ0) is 13.8. The molecule has 0 aromatic carbocycles. The maximum Gasteiger partial charge on any atom is 0.0351 e.